The zero-order valence-corrected chi connectivity index (χ0v) is 11.7. The van der Waals surface area contributed by atoms with Crippen molar-refractivity contribution in [3.8, 4) is 0 Å². The highest BCUT2D eigenvalue weighted by Gasteiger charge is 2.33. The van der Waals surface area contributed by atoms with E-state index in [0.29, 0.717) is 6.42 Å². The number of hydrogen-bond donors (Lipinski definition) is 0. The van der Waals surface area contributed by atoms with Crippen molar-refractivity contribution in [3.63, 3.8) is 0 Å². The molecule has 2 aromatic rings. The number of carbonyl (C=O) groups is 1. The minimum absolute atomic E-state index is 0.205. The molecule has 0 spiro atoms. The average molecular weight is 270 g/mol. The lowest BCUT2D eigenvalue weighted by Gasteiger charge is -2.30. The Labute approximate surface area is 118 Å². The van der Waals surface area contributed by atoms with E-state index < -0.39 is 5.60 Å². The fraction of sp³-hybridized carbons (Fsp3) is 0.312. The highest BCUT2D eigenvalue weighted by Crippen LogP contribution is 2.33. The third-order valence-corrected chi connectivity index (χ3v) is 3.23. The Bertz CT molecular complexity index is 516. The maximum atomic E-state index is 12.0. The van der Waals surface area contributed by atoms with Gasteiger partial charge in [-0.15, -0.1) is 0 Å². The first-order valence-corrected chi connectivity index (χ1v) is 6.69. The maximum Gasteiger partial charge on any atom is 0.306 e. The largest absolute Gasteiger partial charge is 0.450 e. The Morgan fingerprint density at radius 3 is 1.90 bits per heavy atom. The summed E-state index contributed by atoms with van der Waals surface area (Å²) in [5.74, 6) is -0.205. The van der Waals surface area contributed by atoms with Gasteiger partial charge in [0.05, 0.1) is 0 Å². The lowest BCUT2D eigenvalue weighted by Crippen LogP contribution is -2.30. The normalized spacial score (nSPS) is 11.1. The Morgan fingerprint density at radius 2 is 1.50 bits per heavy atom. The first-order valence-electron chi connectivity index (χ1n) is 6.69. The van der Waals surface area contributed by atoms with Gasteiger partial charge >= 0.3 is 5.97 Å². The fourth-order valence-corrected chi connectivity index (χ4v) is 2.11. The van der Waals surface area contributed by atoms with Crippen LogP contribution in [0.25, 0.3) is 0 Å². The number of carbonyl (C=O) groups excluding carboxylic acids is 1. The molecule has 0 saturated carbocycles. The molecule has 0 fully saturated rings. The molecule has 4 nitrogen and oxygen atoms in total. The SMILES string of the molecule is CCCC(=O)OC(C)(c1ccncc1)c1ccncc1. The van der Waals surface area contributed by atoms with Crippen molar-refractivity contribution in [2.45, 2.75) is 32.3 Å². The molecule has 0 aromatic carbocycles. The summed E-state index contributed by atoms with van der Waals surface area (Å²) in [6, 6.07) is 7.44. The van der Waals surface area contributed by atoms with Crippen LogP contribution in [0.1, 0.15) is 37.8 Å². The van der Waals surface area contributed by atoms with Crippen LogP contribution in [0.3, 0.4) is 0 Å². The highest BCUT2D eigenvalue weighted by molar-refractivity contribution is 5.70. The summed E-state index contributed by atoms with van der Waals surface area (Å²) in [6.07, 6.45) is 7.96. The van der Waals surface area contributed by atoms with Gasteiger partial charge < -0.3 is 4.74 Å². The van der Waals surface area contributed by atoms with Crippen molar-refractivity contribution in [2.24, 2.45) is 0 Å². The second-order valence-electron chi connectivity index (χ2n) is 4.73. The second-order valence-corrected chi connectivity index (χ2v) is 4.73. The summed E-state index contributed by atoms with van der Waals surface area (Å²) in [7, 11) is 0. The standard InChI is InChI=1S/C16H18N2O2/c1-3-4-15(19)20-16(2,13-5-9-17-10-6-13)14-7-11-18-12-8-14/h5-12H,3-4H2,1-2H3. The predicted molar refractivity (Wildman–Crippen MR) is 75.9 cm³/mol. The van der Waals surface area contributed by atoms with Crippen molar-refractivity contribution >= 4 is 5.97 Å². The molecule has 0 N–H and O–H groups in total. The summed E-state index contributed by atoms with van der Waals surface area (Å²) in [5.41, 5.74) is 0.962. The molecule has 2 heterocycles. The van der Waals surface area contributed by atoms with Crippen LogP contribution in [-0.4, -0.2) is 15.9 Å². The Morgan fingerprint density at radius 1 is 1.05 bits per heavy atom. The van der Waals surface area contributed by atoms with E-state index in [2.05, 4.69) is 9.97 Å². The zero-order valence-electron chi connectivity index (χ0n) is 11.7. The van der Waals surface area contributed by atoms with Crippen LogP contribution >= 0.6 is 0 Å². The molecule has 0 aliphatic heterocycles. The molecule has 104 valence electrons. The molecule has 2 rings (SSSR count). The Kier molecular flexibility index (Phi) is 4.45. The number of pyridine rings is 2. The lowest BCUT2D eigenvalue weighted by molar-refractivity contribution is -0.155. The number of hydrogen-bond acceptors (Lipinski definition) is 4. The number of ether oxygens (including phenoxy) is 1. The topological polar surface area (TPSA) is 52.1 Å². The van der Waals surface area contributed by atoms with E-state index in [1.807, 2.05) is 38.1 Å². The molecule has 0 aliphatic rings. The van der Waals surface area contributed by atoms with Crippen molar-refractivity contribution < 1.29 is 9.53 Å². The van der Waals surface area contributed by atoms with E-state index in [4.69, 9.17) is 4.74 Å². The molecule has 20 heavy (non-hydrogen) atoms. The van der Waals surface area contributed by atoms with Gasteiger partial charge in [-0.2, -0.15) is 0 Å². The summed E-state index contributed by atoms with van der Waals surface area (Å²) in [4.78, 5) is 20.0. The number of aromatic nitrogens is 2. The van der Waals surface area contributed by atoms with Crippen molar-refractivity contribution in [2.75, 3.05) is 0 Å². The smallest absolute Gasteiger partial charge is 0.306 e. The van der Waals surface area contributed by atoms with Crippen LogP contribution in [0.5, 0.6) is 0 Å². The minimum Gasteiger partial charge on any atom is -0.450 e. The summed E-state index contributed by atoms with van der Waals surface area (Å²) in [5, 5.41) is 0. The molecule has 0 amide bonds. The first kappa shape index (κ1) is 14.2. The quantitative estimate of drug-likeness (QED) is 0.783. The molecule has 2 aromatic heterocycles. The van der Waals surface area contributed by atoms with E-state index in [1.54, 1.807) is 24.8 Å². The second kappa shape index (κ2) is 6.28. The Hall–Kier alpha value is -2.23. The van der Waals surface area contributed by atoms with Crippen LogP contribution in [0.2, 0.25) is 0 Å². The molecule has 0 atom stereocenters. The van der Waals surface area contributed by atoms with E-state index in [9.17, 15) is 4.79 Å². The molecule has 0 aliphatic carbocycles. The molecule has 0 unspecified atom stereocenters. The number of rotatable bonds is 5. The van der Waals surface area contributed by atoms with Gasteiger partial charge in [0, 0.05) is 42.3 Å². The molecule has 4 heteroatoms. The van der Waals surface area contributed by atoms with Gasteiger partial charge in [0.1, 0.15) is 0 Å². The molecule has 0 radical (unpaired) electrons. The highest BCUT2D eigenvalue weighted by atomic mass is 16.6. The Balaban J connectivity index is 2.41. The van der Waals surface area contributed by atoms with Gasteiger partial charge in [-0.1, -0.05) is 6.92 Å². The van der Waals surface area contributed by atoms with Gasteiger partial charge in [-0.25, -0.2) is 0 Å². The predicted octanol–water partition coefficient (Wildman–Crippen LogP) is 3.08. The first-order chi connectivity index (χ1) is 9.66. The number of nitrogens with zero attached hydrogens (tertiary/aromatic N) is 2. The van der Waals surface area contributed by atoms with Gasteiger partial charge in [-0.05, 0) is 37.6 Å². The maximum absolute atomic E-state index is 12.0. The van der Waals surface area contributed by atoms with Crippen molar-refractivity contribution in [1.82, 2.24) is 9.97 Å². The summed E-state index contributed by atoms with van der Waals surface area (Å²) < 4.78 is 5.76. The van der Waals surface area contributed by atoms with E-state index in [1.165, 1.54) is 0 Å². The van der Waals surface area contributed by atoms with E-state index in [0.717, 1.165) is 17.5 Å². The fourth-order valence-electron chi connectivity index (χ4n) is 2.11. The molecular weight excluding hydrogens is 252 g/mol. The van der Waals surface area contributed by atoms with Gasteiger partial charge in [0.15, 0.2) is 5.60 Å². The third kappa shape index (κ3) is 3.02. The summed E-state index contributed by atoms with van der Waals surface area (Å²) in [6.45, 7) is 3.85. The number of esters is 1. The van der Waals surface area contributed by atoms with Crippen LogP contribution in [0, 0.1) is 0 Å². The monoisotopic (exact) mass is 270 g/mol. The lowest BCUT2D eigenvalue weighted by atomic mass is 9.89. The molecule has 0 saturated heterocycles. The molecule has 0 bridgehead atoms. The van der Waals surface area contributed by atoms with E-state index >= 15 is 0 Å². The van der Waals surface area contributed by atoms with Crippen molar-refractivity contribution in [1.29, 1.82) is 0 Å². The zero-order chi connectivity index (χ0) is 14.4. The van der Waals surface area contributed by atoms with Gasteiger partial charge in [-0.3, -0.25) is 14.8 Å². The average Bonchev–Trinajstić information content (AvgIpc) is 2.49. The van der Waals surface area contributed by atoms with E-state index in [-0.39, 0.29) is 5.97 Å². The van der Waals surface area contributed by atoms with Crippen molar-refractivity contribution in [3.05, 3.63) is 60.2 Å². The van der Waals surface area contributed by atoms with Crippen LogP contribution in [-0.2, 0) is 15.1 Å². The van der Waals surface area contributed by atoms with Gasteiger partial charge in [0.2, 0.25) is 0 Å². The third-order valence-electron chi connectivity index (χ3n) is 3.23. The van der Waals surface area contributed by atoms with Crippen LogP contribution < -0.4 is 0 Å². The molecular formula is C16H18N2O2. The minimum atomic E-state index is -0.821. The van der Waals surface area contributed by atoms with Gasteiger partial charge in [0.25, 0.3) is 0 Å². The van der Waals surface area contributed by atoms with Crippen LogP contribution in [0.15, 0.2) is 49.1 Å². The summed E-state index contributed by atoms with van der Waals surface area (Å²) >= 11 is 0. The van der Waals surface area contributed by atoms with Crippen LogP contribution in [0.4, 0.5) is 0 Å².